The predicted molar refractivity (Wildman–Crippen MR) is 101 cm³/mol. The van der Waals surface area contributed by atoms with Crippen LogP contribution in [-0.4, -0.2) is 8.42 Å². The van der Waals surface area contributed by atoms with Crippen LogP contribution in [-0.2, 0) is 15.3 Å². The number of hydrogen-bond acceptors (Lipinski definition) is 2. The Hall–Kier alpha value is -2.39. The third-order valence-corrected chi connectivity index (χ3v) is 7.00. The van der Waals surface area contributed by atoms with E-state index in [0.29, 0.717) is 9.79 Å². The van der Waals surface area contributed by atoms with Gasteiger partial charge in [-0.3, -0.25) is 0 Å². The molecule has 0 saturated carbocycles. The van der Waals surface area contributed by atoms with Gasteiger partial charge in [-0.2, -0.15) is 0 Å². The predicted octanol–water partition coefficient (Wildman–Crippen LogP) is 5.13. The van der Waals surface area contributed by atoms with Crippen LogP contribution < -0.4 is 0 Å². The lowest BCUT2D eigenvalue weighted by atomic mass is 9.77. The van der Waals surface area contributed by atoms with Crippen molar-refractivity contribution in [1.82, 2.24) is 0 Å². The molecule has 0 saturated heterocycles. The number of rotatable bonds is 1. The van der Waals surface area contributed by atoms with Gasteiger partial charge < -0.3 is 0 Å². The smallest absolute Gasteiger partial charge is 0.207 e. The Bertz CT molecular complexity index is 1080. The fourth-order valence-electron chi connectivity index (χ4n) is 3.70. The second-order valence-corrected chi connectivity index (χ2v) is 9.09. The van der Waals surface area contributed by atoms with Crippen molar-refractivity contribution in [1.29, 1.82) is 0 Å². The van der Waals surface area contributed by atoms with Crippen LogP contribution in [0.15, 0.2) is 76.5 Å². The van der Waals surface area contributed by atoms with Crippen LogP contribution in [0.1, 0.15) is 30.5 Å². The quantitative estimate of drug-likeness (QED) is 0.610. The lowest BCUT2D eigenvalue weighted by Gasteiger charge is -2.35. The van der Waals surface area contributed by atoms with Crippen molar-refractivity contribution in [2.45, 2.75) is 36.0 Å². The average molecular weight is 348 g/mol. The van der Waals surface area contributed by atoms with E-state index in [1.165, 1.54) is 0 Å². The molecule has 0 N–H and O–H groups in total. The normalized spacial score (nSPS) is 16.8. The van der Waals surface area contributed by atoms with E-state index in [2.05, 4.69) is 13.8 Å². The zero-order valence-corrected chi connectivity index (χ0v) is 15.4. The molecule has 2 nitrogen and oxygen atoms in total. The molecule has 0 aliphatic carbocycles. The van der Waals surface area contributed by atoms with E-state index in [1.54, 1.807) is 6.07 Å². The molecular weight excluding hydrogens is 328 g/mol. The summed E-state index contributed by atoms with van der Waals surface area (Å²) in [5.41, 5.74) is 4.42. The highest BCUT2D eigenvalue weighted by atomic mass is 32.2. The maximum absolute atomic E-state index is 13.3. The van der Waals surface area contributed by atoms with Crippen molar-refractivity contribution in [2.75, 3.05) is 0 Å². The van der Waals surface area contributed by atoms with Crippen LogP contribution in [0.4, 0.5) is 0 Å². The van der Waals surface area contributed by atoms with Gasteiger partial charge in [0.2, 0.25) is 9.84 Å². The second-order valence-electron chi connectivity index (χ2n) is 7.21. The van der Waals surface area contributed by atoms with Gasteiger partial charge in [0.1, 0.15) is 0 Å². The first kappa shape index (κ1) is 16.1. The molecule has 3 heteroatoms. The van der Waals surface area contributed by atoms with Crippen molar-refractivity contribution in [2.24, 2.45) is 0 Å². The molecule has 0 atom stereocenters. The Morgan fingerprint density at radius 3 is 2.16 bits per heavy atom. The number of aryl methyl sites for hydroxylation is 1. The van der Waals surface area contributed by atoms with Gasteiger partial charge >= 0.3 is 0 Å². The highest BCUT2D eigenvalue weighted by Crippen LogP contribution is 2.46. The van der Waals surface area contributed by atoms with Gasteiger partial charge in [-0.1, -0.05) is 74.0 Å². The summed E-state index contributed by atoms with van der Waals surface area (Å²) in [5, 5.41) is 0. The zero-order valence-electron chi connectivity index (χ0n) is 14.6. The molecule has 3 aromatic rings. The average Bonchev–Trinajstić information content (AvgIpc) is 2.61. The molecule has 126 valence electrons. The minimum Gasteiger partial charge on any atom is -0.218 e. The first-order valence-corrected chi connectivity index (χ1v) is 9.86. The number of fused-ring (bicyclic) bond motifs is 2. The molecule has 0 amide bonds. The molecule has 1 aliphatic rings. The molecule has 3 aromatic carbocycles. The van der Waals surface area contributed by atoms with Gasteiger partial charge in [-0.15, -0.1) is 0 Å². The molecule has 4 rings (SSSR count). The van der Waals surface area contributed by atoms with E-state index in [1.807, 2.05) is 67.6 Å². The molecule has 1 aliphatic heterocycles. The summed E-state index contributed by atoms with van der Waals surface area (Å²) in [4.78, 5) is 0.857. The summed E-state index contributed by atoms with van der Waals surface area (Å²) in [6.45, 7) is 6.19. The first-order valence-electron chi connectivity index (χ1n) is 8.38. The number of hydrogen-bond donors (Lipinski definition) is 0. The van der Waals surface area contributed by atoms with Gasteiger partial charge in [-0.25, -0.2) is 8.42 Å². The molecule has 0 fully saturated rings. The van der Waals surface area contributed by atoms with E-state index < -0.39 is 9.84 Å². The maximum atomic E-state index is 13.3. The van der Waals surface area contributed by atoms with Crippen LogP contribution in [0, 0.1) is 6.92 Å². The first-order chi connectivity index (χ1) is 11.8. The third kappa shape index (κ3) is 2.34. The van der Waals surface area contributed by atoms with Gasteiger partial charge in [0.15, 0.2) is 0 Å². The lowest BCUT2D eigenvalue weighted by molar-refractivity contribution is 0.555. The van der Waals surface area contributed by atoms with Crippen LogP contribution in [0.25, 0.3) is 11.1 Å². The van der Waals surface area contributed by atoms with Crippen molar-refractivity contribution in [3.8, 4) is 11.1 Å². The van der Waals surface area contributed by atoms with E-state index in [0.717, 1.165) is 27.8 Å². The largest absolute Gasteiger partial charge is 0.218 e. The minimum atomic E-state index is -3.52. The topological polar surface area (TPSA) is 34.1 Å². The van der Waals surface area contributed by atoms with Crippen molar-refractivity contribution in [3.63, 3.8) is 0 Å². The molecular formula is C22H20O2S. The summed E-state index contributed by atoms with van der Waals surface area (Å²) in [6, 6.07) is 21.3. The summed E-state index contributed by atoms with van der Waals surface area (Å²) in [7, 11) is -3.52. The third-order valence-electron chi connectivity index (χ3n) is 5.15. The Balaban J connectivity index is 2.02. The van der Waals surface area contributed by atoms with Crippen molar-refractivity contribution in [3.05, 3.63) is 83.4 Å². The van der Waals surface area contributed by atoms with E-state index in [9.17, 15) is 8.42 Å². The van der Waals surface area contributed by atoms with Gasteiger partial charge in [0, 0.05) is 5.41 Å². The van der Waals surface area contributed by atoms with Gasteiger partial charge in [-0.05, 0) is 41.3 Å². The molecule has 1 heterocycles. The van der Waals surface area contributed by atoms with Crippen molar-refractivity contribution < 1.29 is 8.42 Å². The maximum Gasteiger partial charge on any atom is 0.207 e. The van der Waals surface area contributed by atoms with Gasteiger partial charge in [0.05, 0.1) is 9.79 Å². The number of sulfone groups is 1. The fraction of sp³-hybridized carbons (Fsp3) is 0.182. The standard InChI is InChI=1S/C22H20O2S/c1-15-9-12-20-19(13-15)22(2,3)18-11-10-17(14-21(18)25(20,23)24)16-7-5-4-6-8-16/h4-14H,1-3H3. The number of benzene rings is 3. The summed E-state index contributed by atoms with van der Waals surface area (Å²) in [5.74, 6) is 0. The Kier molecular flexibility index (Phi) is 3.41. The van der Waals surface area contributed by atoms with E-state index in [4.69, 9.17) is 0 Å². The SMILES string of the molecule is Cc1ccc2c(c1)C(C)(C)c1ccc(-c3ccccc3)cc1S2(=O)=O. The van der Waals surface area contributed by atoms with Crippen LogP contribution in [0.2, 0.25) is 0 Å². The Labute approximate surface area is 149 Å². The molecule has 0 aromatic heterocycles. The monoisotopic (exact) mass is 348 g/mol. The second kappa shape index (κ2) is 5.30. The van der Waals surface area contributed by atoms with Crippen LogP contribution in [0.5, 0.6) is 0 Å². The summed E-state index contributed by atoms with van der Waals surface area (Å²) < 4.78 is 26.6. The fourth-order valence-corrected chi connectivity index (χ4v) is 5.68. The zero-order chi connectivity index (χ0) is 17.8. The molecule has 0 unspecified atom stereocenters. The molecule has 0 radical (unpaired) electrons. The highest BCUT2D eigenvalue weighted by molar-refractivity contribution is 7.91. The minimum absolute atomic E-state index is 0.350. The van der Waals surface area contributed by atoms with E-state index in [-0.39, 0.29) is 5.41 Å². The summed E-state index contributed by atoms with van der Waals surface area (Å²) >= 11 is 0. The van der Waals surface area contributed by atoms with Gasteiger partial charge in [0.25, 0.3) is 0 Å². The van der Waals surface area contributed by atoms with Crippen LogP contribution >= 0.6 is 0 Å². The molecule has 25 heavy (non-hydrogen) atoms. The van der Waals surface area contributed by atoms with Crippen molar-refractivity contribution >= 4 is 9.84 Å². The molecule has 0 spiro atoms. The Morgan fingerprint density at radius 2 is 1.44 bits per heavy atom. The lowest BCUT2D eigenvalue weighted by Crippen LogP contribution is -2.29. The summed E-state index contributed by atoms with van der Waals surface area (Å²) in [6.07, 6.45) is 0. The van der Waals surface area contributed by atoms with E-state index >= 15 is 0 Å². The highest BCUT2D eigenvalue weighted by Gasteiger charge is 2.40. The molecule has 0 bridgehead atoms. The van der Waals surface area contributed by atoms with Crippen LogP contribution in [0.3, 0.4) is 0 Å². The Morgan fingerprint density at radius 1 is 0.720 bits per heavy atom.